The van der Waals surface area contributed by atoms with Crippen LogP contribution in [0.15, 0.2) is 53.4 Å². The van der Waals surface area contributed by atoms with Crippen LogP contribution in [0.1, 0.15) is 12.0 Å². The summed E-state index contributed by atoms with van der Waals surface area (Å²) in [6.07, 6.45) is -4.35. The van der Waals surface area contributed by atoms with Crippen LogP contribution in [0.5, 0.6) is 0 Å². The molecule has 1 aliphatic rings. The minimum atomic E-state index is -4.48. The van der Waals surface area contributed by atoms with E-state index < -0.39 is 21.8 Å². The van der Waals surface area contributed by atoms with Gasteiger partial charge in [-0.1, -0.05) is 17.7 Å². The van der Waals surface area contributed by atoms with Gasteiger partial charge in [0.15, 0.2) is 0 Å². The molecule has 0 aromatic heterocycles. The summed E-state index contributed by atoms with van der Waals surface area (Å²) in [6.45, 7) is 2.15. The number of nitrogens with one attached hydrogen (secondary N) is 2. The number of quaternary nitrogens is 1. The average molecular weight is 477 g/mol. The van der Waals surface area contributed by atoms with Crippen molar-refractivity contribution in [3.05, 3.63) is 59.1 Å². The van der Waals surface area contributed by atoms with Gasteiger partial charge in [0.2, 0.25) is 15.9 Å². The predicted octanol–water partition coefficient (Wildman–Crippen LogP) is 2.28. The van der Waals surface area contributed by atoms with Gasteiger partial charge in [-0.3, -0.25) is 4.79 Å². The lowest BCUT2D eigenvalue weighted by molar-refractivity contribution is -0.903. The number of piperazine rings is 1. The van der Waals surface area contributed by atoms with Crippen molar-refractivity contribution in [2.45, 2.75) is 17.5 Å². The van der Waals surface area contributed by atoms with Gasteiger partial charge in [-0.25, -0.2) is 8.42 Å². The lowest BCUT2D eigenvalue weighted by Crippen LogP contribution is -3.14. The van der Waals surface area contributed by atoms with Crippen molar-refractivity contribution in [3.8, 4) is 0 Å². The number of anilines is 1. The van der Waals surface area contributed by atoms with E-state index in [0.717, 1.165) is 17.0 Å². The molecule has 168 valence electrons. The summed E-state index contributed by atoms with van der Waals surface area (Å²) >= 11 is 5.81. The van der Waals surface area contributed by atoms with Crippen LogP contribution in [0.4, 0.5) is 18.9 Å². The monoisotopic (exact) mass is 476 g/mol. The summed E-state index contributed by atoms with van der Waals surface area (Å²) in [5, 5.41) is 2.94. The second-order valence-electron chi connectivity index (χ2n) is 7.23. The van der Waals surface area contributed by atoms with Crippen molar-refractivity contribution in [2.75, 3.05) is 38.0 Å². The summed E-state index contributed by atoms with van der Waals surface area (Å²) in [5.74, 6) is -0.386. The fourth-order valence-corrected chi connectivity index (χ4v) is 4.90. The van der Waals surface area contributed by atoms with Crippen molar-refractivity contribution in [1.29, 1.82) is 0 Å². The van der Waals surface area contributed by atoms with Gasteiger partial charge in [0, 0.05) is 10.7 Å². The number of halogens is 4. The second kappa shape index (κ2) is 9.56. The second-order valence-corrected chi connectivity index (χ2v) is 9.61. The van der Waals surface area contributed by atoms with E-state index in [9.17, 15) is 26.4 Å². The molecule has 0 unspecified atom stereocenters. The lowest BCUT2D eigenvalue weighted by atomic mass is 10.2. The summed E-state index contributed by atoms with van der Waals surface area (Å²) < 4.78 is 65.1. The van der Waals surface area contributed by atoms with Crippen LogP contribution in [-0.2, 0) is 21.0 Å². The number of amides is 1. The molecule has 0 bridgehead atoms. The molecule has 3 rings (SSSR count). The van der Waals surface area contributed by atoms with E-state index in [4.69, 9.17) is 11.6 Å². The Labute approximate surface area is 183 Å². The molecule has 6 nitrogen and oxygen atoms in total. The van der Waals surface area contributed by atoms with E-state index in [0.29, 0.717) is 37.7 Å². The maximum absolute atomic E-state index is 12.8. The highest BCUT2D eigenvalue weighted by Gasteiger charge is 2.31. The molecule has 0 saturated carbocycles. The first kappa shape index (κ1) is 23.5. The van der Waals surface area contributed by atoms with Crippen LogP contribution in [0.2, 0.25) is 5.02 Å². The summed E-state index contributed by atoms with van der Waals surface area (Å²) in [5.41, 5.74) is -0.734. The Hall–Kier alpha value is -2.14. The Morgan fingerprint density at radius 3 is 2.35 bits per heavy atom. The van der Waals surface area contributed by atoms with Gasteiger partial charge in [-0.2, -0.15) is 17.5 Å². The molecule has 31 heavy (non-hydrogen) atoms. The van der Waals surface area contributed by atoms with Gasteiger partial charge < -0.3 is 10.2 Å². The zero-order valence-corrected chi connectivity index (χ0v) is 18.0. The molecule has 2 aromatic rings. The maximum atomic E-state index is 12.8. The fraction of sp³-hybridized carbons (Fsp3) is 0.350. The third-order valence-electron chi connectivity index (χ3n) is 5.06. The normalized spacial score (nSPS) is 16.3. The molecule has 2 N–H and O–H groups in total. The highest BCUT2D eigenvalue weighted by atomic mass is 35.5. The minimum Gasteiger partial charge on any atom is -0.332 e. The summed E-state index contributed by atoms with van der Waals surface area (Å²) in [7, 11) is -3.60. The van der Waals surface area contributed by atoms with E-state index in [2.05, 4.69) is 5.32 Å². The van der Waals surface area contributed by atoms with Crippen LogP contribution >= 0.6 is 11.6 Å². The topological polar surface area (TPSA) is 70.9 Å². The van der Waals surface area contributed by atoms with Crippen LogP contribution in [0, 0.1) is 0 Å². The molecule has 0 radical (unpaired) electrons. The van der Waals surface area contributed by atoms with Gasteiger partial charge in [0.25, 0.3) is 0 Å². The SMILES string of the molecule is O=C(CC[NH+]1CCN(S(=O)(=O)c2ccc(Cl)cc2)CC1)Nc1cccc(C(F)(F)F)c1. The zero-order valence-electron chi connectivity index (χ0n) is 16.5. The standard InChI is InChI=1S/C20H21ClF3N3O3S/c21-16-4-6-18(7-5-16)31(29,30)27-12-10-26(11-13-27)9-8-19(28)25-17-3-1-2-15(14-17)20(22,23)24/h1-7,14H,8-13H2,(H,25,28)/p+1. The van der Waals surface area contributed by atoms with E-state index in [1.165, 1.54) is 40.7 Å². The van der Waals surface area contributed by atoms with Crippen molar-refractivity contribution in [2.24, 2.45) is 0 Å². The molecule has 0 aliphatic carbocycles. The molecule has 11 heteroatoms. The molecular weight excluding hydrogens is 455 g/mol. The molecule has 2 aromatic carbocycles. The third-order valence-corrected chi connectivity index (χ3v) is 7.23. The first-order chi connectivity index (χ1) is 14.6. The Kier molecular flexibility index (Phi) is 7.25. The zero-order chi connectivity index (χ0) is 22.6. The lowest BCUT2D eigenvalue weighted by Gasteiger charge is -2.31. The number of hydrogen-bond acceptors (Lipinski definition) is 3. The predicted molar refractivity (Wildman–Crippen MR) is 110 cm³/mol. The first-order valence-electron chi connectivity index (χ1n) is 9.62. The van der Waals surface area contributed by atoms with E-state index in [1.54, 1.807) is 0 Å². The number of benzene rings is 2. The Bertz CT molecular complexity index is 1020. The van der Waals surface area contributed by atoms with Crippen LogP contribution in [0.3, 0.4) is 0 Å². The quantitative estimate of drug-likeness (QED) is 0.672. The Balaban J connectivity index is 1.48. The smallest absolute Gasteiger partial charge is 0.332 e. The van der Waals surface area contributed by atoms with Crippen molar-refractivity contribution >= 4 is 33.2 Å². The van der Waals surface area contributed by atoms with Crippen LogP contribution < -0.4 is 10.2 Å². The van der Waals surface area contributed by atoms with Gasteiger partial charge in [0.1, 0.15) is 0 Å². The summed E-state index contributed by atoms with van der Waals surface area (Å²) in [4.78, 5) is 13.4. The number of alkyl halides is 3. The molecule has 1 saturated heterocycles. The largest absolute Gasteiger partial charge is 0.416 e. The first-order valence-corrected chi connectivity index (χ1v) is 11.4. The van der Waals surface area contributed by atoms with Crippen molar-refractivity contribution in [1.82, 2.24) is 4.31 Å². The maximum Gasteiger partial charge on any atom is 0.416 e. The minimum absolute atomic E-state index is 0.0914. The highest BCUT2D eigenvalue weighted by Crippen LogP contribution is 2.30. The molecule has 1 amide bonds. The number of hydrogen-bond donors (Lipinski definition) is 2. The Morgan fingerprint density at radius 2 is 1.74 bits per heavy atom. The average Bonchev–Trinajstić information content (AvgIpc) is 2.72. The van der Waals surface area contributed by atoms with E-state index in [1.807, 2.05) is 0 Å². The molecule has 1 fully saturated rings. The van der Waals surface area contributed by atoms with Gasteiger partial charge >= 0.3 is 6.18 Å². The van der Waals surface area contributed by atoms with E-state index in [-0.39, 0.29) is 22.9 Å². The molecule has 0 atom stereocenters. The van der Waals surface area contributed by atoms with Crippen LogP contribution in [-0.4, -0.2) is 51.4 Å². The number of nitrogens with zero attached hydrogens (tertiary/aromatic N) is 1. The van der Waals surface area contributed by atoms with E-state index >= 15 is 0 Å². The van der Waals surface area contributed by atoms with Gasteiger partial charge in [0.05, 0.1) is 49.6 Å². The van der Waals surface area contributed by atoms with Crippen LogP contribution in [0.25, 0.3) is 0 Å². The number of sulfonamides is 1. The van der Waals surface area contributed by atoms with Gasteiger partial charge in [-0.15, -0.1) is 0 Å². The number of carbonyl (C=O) groups is 1. The fourth-order valence-electron chi connectivity index (χ4n) is 3.34. The highest BCUT2D eigenvalue weighted by molar-refractivity contribution is 7.89. The third kappa shape index (κ3) is 6.19. The molecular formula is C20H22ClF3N3O3S+. The number of carbonyl (C=O) groups excluding carboxylic acids is 1. The number of rotatable bonds is 6. The molecule has 1 heterocycles. The van der Waals surface area contributed by atoms with Crippen molar-refractivity contribution in [3.63, 3.8) is 0 Å². The molecule has 1 aliphatic heterocycles. The molecule has 0 spiro atoms. The Morgan fingerprint density at radius 1 is 1.10 bits per heavy atom. The summed E-state index contributed by atoms with van der Waals surface area (Å²) in [6, 6.07) is 10.5. The van der Waals surface area contributed by atoms with Gasteiger partial charge in [-0.05, 0) is 42.5 Å². The van der Waals surface area contributed by atoms with Crippen molar-refractivity contribution < 1.29 is 31.3 Å².